The Balaban J connectivity index is 2.21. The van der Waals surface area contributed by atoms with Crippen molar-refractivity contribution >= 4 is 11.9 Å². The summed E-state index contributed by atoms with van der Waals surface area (Å²) in [5.41, 5.74) is 2.91. The molecule has 1 aliphatic rings. The van der Waals surface area contributed by atoms with Crippen LogP contribution in [-0.2, 0) is 13.0 Å². The summed E-state index contributed by atoms with van der Waals surface area (Å²) in [6.07, 6.45) is 1.19. The van der Waals surface area contributed by atoms with Crippen molar-refractivity contribution < 1.29 is 0 Å². The maximum atomic E-state index is 3.28. The lowest BCUT2D eigenvalue weighted by atomic mass is 10.0. The highest BCUT2D eigenvalue weighted by atomic mass is 32.2. The Morgan fingerprint density at radius 2 is 2.31 bits per heavy atom. The Hall–Kier alpha value is -0.470. The van der Waals surface area contributed by atoms with Gasteiger partial charge in [0.15, 0.2) is 0 Å². The Morgan fingerprint density at radius 1 is 1.46 bits per heavy atom. The number of benzene rings is 1. The van der Waals surface area contributed by atoms with Crippen LogP contribution in [0.1, 0.15) is 25.0 Å². The number of hydrogen-bond donors (Lipinski definition) is 1. The van der Waals surface area contributed by atoms with Crippen molar-refractivity contribution in [2.45, 2.75) is 31.7 Å². The monoisotopic (exact) mass is 193 g/mol. The van der Waals surface area contributed by atoms with Gasteiger partial charge in [0.2, 0.25) is 0 Å². The van der Waals surface area contributed by atoms with Gasteiger partial charge in [0, 0.05) is 11.4 Å². The molecule has 0 aromatic heterocycles. The summed E-state index contributed by atoms with van der Waals surface area (Å²) in [4.78, 5) is 1.41. The maximum Gasteiger partial charge on any atom is 0.0324 e. The van der Waals surface area contributed by atoms with Crippen LogP contribution in [0.2, 0.25) is 0 Å². The minimum Gasteiger partial charge on any atom is -0.255 e. The summed E-state index contributed by atoms with van der Waals surface area (Å²) < 4.78 is 3.28. The van der Waals surface area contributed by atoms with Gasteiger partial charge in [0.1, 0.15) is 0 Å². The van der Waals surface area contributed by atoms with Gasteiger partial charge >= 0.3 is 0 Å². The Kier molecular flexibility index (Phi) is 2.61. The van der Waals surface area contributed by atoms with E-state index in [2.05, 4.69) is 36.8 Å². The van der Waals surface area contributed by atoms with Crippen LogP contribution in [0.25, 0.3) is 0 Å². The summed E-state index contributed by atoms with van der Waals surface area (Å²) in [6, 6.07) is 6.83. The third kappa shape index (κ3) is 2.06. The van der Waals surface area contributed by atoms with E-state index in [0.29, 0.717) is 0 Å². The quantitative estimate of drug-likeness (QED) is 0.725. The molecule has 1 nitrogen and oxygen atoms in total. The van der Waals surface area contributed by atoms with Gasteiger partial charge < -0.3 is 0 Å². The molecule has 0 atom stereocenters. The largest absolute Gasteiger partial charge is 0.255 e. The molecule has 0 spiro atoms. The van der Waals surface area contributed by atoms with E-state index in [9.17, 15) is 0 Å². The van der Waals surface area contributed by atoms with Crippen molar-refractivity contribution in [2.75, 3.05) is 0 Å². The highest BCUT2D eigenvalue weighted by Gasteiger charge is 2.11. The van der Waals surface area contributed by atoms with Gasteiger partial charge in [0.05, 0.1) is 0 Å². The first kappa shape index (κ1) is 9.10. The van der Waals surface area contributed by atoms with Crippen molar-refractivity contribution in [3.63, 3.8) is 0 Å². The second-order valence-electron chi connectivity index (χ2n) is 3.96. The van der Waals surface area contributed by atoms with E-state index in [1.165, 1.54) is 22.4 Å². The third-order valence-electron chi connectivity index (χ3n) is 2.22. The third-order valence-corrected chi connectivity index (χ3v) is 3.11. The van der Waals surface area contributed by atoms with E-state index in [0.717, 1.165) is 12.5 Å². The predicted octanol–water partition coefficient (Wildman–Crippen LogP) is 3.00. The Bertz CT molecular complexity index is 307. The van der Waals surface area contributed by atoms with E-state index < -0.39 is 0 Å². The lowest BCUT2D eigenvalue weighted by Gasteiger charge is -2.06. The molecule has 1 N–H and O–H groups in total. The standard InChI is InChI=1S/C11H15NS/c1-8(2)5-9-3-4-10-7-12-13-11(10)6-9/h3-4,6,8,12H,5,7H2,1-2H3. The van der Waals surface area contributed by atoms with Crippen molar-refractivity contribution in [1.29, 1.82) is 0 Å². The molecule has 70 valence electrons. The summed E-state index contributed by atoms with van der Waals surface area (Å²) in [5, 5.41) is 0. The predicted molar refractivity (Wildman–Crippen MR) is 57.7 cm³/mol. The van der Waals surface area contributed by atoms with Crippen LogP contribution in [-0.4, -0.2) is 0 Å². The molecule has 1 aliphatic heterocycles. The maximum absolute atomic E-state index is 3.28. The molecule has 0 bridgehead atoms. The van der Waals surface area contributed by atoms with Crippen LogP contribution in [0.4, 0.5) is 0 Å². The topological polar surface area (TPSA) is 12.0 Å². The average Bonchev–Trinajstić information content (AvgIpc) is 2.49. The minimum atomic E-state index is 0.748. The summed E-state index contributed by atoms with van der Waals surface area (Å²) >= 11 is 1.76. The summed E-state index contributed by atoms with van der Waals surface area (Å²) in [5.74, 6) is 0.748. The molecule has 0 radical (unpaired) electrons. The van der Waals surface area contributed by atoms with Crippen molar-refractivity contribution in [1.82, 2.24) is 4.72 Å². The van der Waals surface area contributed by atoms with Crippen LogP contribution in [0.15, 0.2) is 23.1 Å². The zero-order valence-electron chi connectivity index (χ0n) is 8.13. The van der Waals surface area contributed by atoms with Crippen LogP contribution in [0.3, 0.4) is 0 Å². The first-order valence-electron chi connectivity index (χ1n) is 4.77. The molecule has 2 rings (SSSR count). The van der Waals surface area contributed by atoms with Gasteiger partial charge in [-0.3, -0.25) is 4.72 Å². The van der Waals surface area contributed by atoms with Crippen molar-refractivity contribution in [3.8, 4) is 0 Å². The van der Waals surface area contributed by atoms with Gasteiger partial charge in [0.25, 0.3) is 0 Å². The van der Waals surface area contributed by atoms with Gasteiger partial charge in [-0.2, -0.15) is 0 Å². The van der Waals surface area contributed by atoms with Crippen molar-refractivity contribution in [2.24, 2.45) is 5.92 Å². The first-order valence-corrected chi connectivity index (χ1v) is 5.59. The second-order valence-corrected chi connectivity index (χ2v) is 4.90. The highest BCUT2D eigenvalue weighted by Crippen LogP contribution is 2.28. The second kappa shape index (κ2) is 3.72. The van der Waals surface area contributed by atoms with Crippen LogP contribution >= 0.6 is 11.9 Å². The Morgan fingerprint density at radius 3 is 3.08 bits per heavy atom. The smallest absolute Gasteiger partial charge is 0.0324 e. The molecule has 1 aromatic rings. The summed E-state index contributed by atoms with van der Waals surface area (Å²) in [6.45, 7) is 5.54. The van der Waals surface area contributed by atoms with Crippen LogP contribution in [0.5, 0.6) is 0 Å². The number of fused-ring (bicyclic) bond motifs is 1. The van der Waals surface area contributed by atoms with E-state index >= 15 is 0 Å². The number of rotatable bonds is 2. The minimum absolute atomic E-state index is 0.748. The number of hydrogen-bond acceptors (Lipinski definition) is 2. The molecule has 0 saturated heterocycles. The molecule has 0 amide bonds. The molecule has 1 aromatic carbocycles. The van der Waals surface area contributed by atoms with Crippen LogP contribution < -0.4 is 4.72 Å². The van der Waals surface area contributed by atoms with E-state index in [1.807, 2.05) is 0 Å². The van der Waals surface area contributed by atoms with E-state index in [1.54, 1.807) is 11.9 Å². The fourth-order valence-electron chi connectivity index (χ4n) is 1.63. The zero-order valence-corrected chi connectivity index (χ0v) is 8.95. The van der Waals surface area contributed by atoms with Crippen molar-refractivity contribution in [3.05, 3.63) is 29.3 Å². The lowest BCUT2D eigenvalue weighted by molar-refractivity contribution is 0.646. The zero-order chi connectivity index (χ0) is 9.26. The molecule has 0 unspecified atom stereocenters. The normalized spacial score (nSPS) is 15.0. The molecule has 2 heteroatoms. The van der Waals surface area contributed by atoms with E-state index in [4.69, 9.17) is 0 Å². The van der Waals surface area contributed by atoms with E-state index in [-0.39, 0.29) is 0 Å². The Labute approximate surface area is 84.1 Å². The van der Waals surface area contributed by atoms with Gasteiger partial charge in [-0.15, -0.1) is 0 Å². The first-order chi connectivity index (χ1) is 6.25. The molecular formula is C11H15NS. The molecular weight excluding hydrogens is 178 g/mol. The van der Waals surface area contributed by atoms with Gasteiger partial charge in [-0.25, -0.2) is 0 Å². The lowest BCUT2D eigenvalue weighted by Crippen LogP contribution is -1.94. The molecule has 1 heterocycles. The number of nitrogens with one attached hydrogen (secondary N) is 1. The van der Waals surface area contributed by atoms with Gasteiger partial charge in [-0.1, -0.05) is 26.0 Å². The fraction of sp³-hybridized carbons (Fsp3) is 0.455. The van der Waals surface area contributed by atoms with Crippen LogP contribution in [0, 0.1) is 5.92 Å². The SMILES string of the molecule is CC(C)Cc1ccc2c(c1)SNC2. The average molecular weight is 193 g/mol. The molecule has 13 heavy (non-hydrogen) atoms. The molecule has 0 fully saturated rings. The molecule has 0 aliphatic carbocycles. The highest BCUT2D eigenvalue weighted by molar-refractivity contribution is 7.97. The summed E-state index contributed by atoms with van der Waals surface area (Å²) in [7, 11) is 0. The molecule has 0 saturated carbocycles. The fourth-order valence-corrected chi connectivity index (χ4v) is 2.49. The van der Waals surface area contributed by atoms with Gasteiger partial charge in [-0.05, 0) is 41.5 Å².